The molecule has 2 N–H and O–H groups in total. The van der Waals surface area contributed by atoms with Crippen LogP contribution in [-0.2, 0) is 0 Å². The molecule has 1 fully saturated rings. The molecule has 2 nitrogen and oxygen atoms in total. The second-order valence-electron chi connectivity index (χ2n) is 5.09. The van der Waals surface area contributed by atoms with Crippen LogP contribution < -0.4 is 10.6 Å². The van der Waals surface area contributed by atoms with Gasteiger partial charge < -0.3 is 10.6 Å². The third kappa shape index (κ3) is 3.98. The Hall–Kier alpha value is -1.09. The lowest BCUT2D eigenvalue weighted by atomic mass is 9.96. The van der Waals surface area contributed by atoms with Crippen molar-refractivity contribution in [2.45, 2.75) is 51.1 Å². The topological polar surface area (TPSA) is 24.1 Å². The summed E-state index contributed by atoms with van der Waals surface area (Å²) in [5, 5.41) is 7.59. The smallest absolute Gasteiger partial charge is 0.166 e. The lowest BCUT2D eigenvalue weighted by molar-refractivity contribution is 0.411. The Balaban J connectivity index is 1.80. The zero-order valence-electron chi connectivity index (χ0n) is 11.0. The minimum Gasteiger partial charge on any atom is -0.360 e. The number of benzene rings is 1. The standard InChI is InChI=1S/C15H22N2S/c1-12(13-8-4-2-5-9-13)16-15(18)17-14-10-6-3-7-11-14/h2,4-5,8-9,12,14H,3,6-7,10-11H2,1H3,(H2,16,17,18)/t12-/m0/s1. The van der Waals surface area contributed by atoms with Gasteiger partial charge in [0.05, 0.1) is 6.04 Å². The molecule has 1 aliphatic rings. The third-order valence-electron chi connectivity index (χ3n) is 3.59. The minimum atomic E-state index is 0.259. The van der Waals surface area contributed by atoms with Crippen molar-refractivity contribution < 1.29 is 0 Å². The Labute approximate surface area is 115 Å². The summed E-state index contributed by atoms with van der Waals surface area (Å²) < 4.78 is 0. The highest BCUT2D eigenvalue weighted by Crippen LogP contribution is 2.17. The second-order valence-corrected chi connectivity index (χ2v) is 5.49. The van der Waals surface area contributed by atoms with Gasteiger partial charge >= 0.3 is 0 Å². The van der Waals surface area contributed by atoms with Crippen molar-refractivity contribution >= 4 is 17.3 Å². The van der Waals surface area contributed by atoms with Gasteiger partial charge in [-0.1, -0.05) is 49.6 Å². The maximum absolute atomic E-state index is 5.39. The molecular weight excluding hydrogens is 240 g/mol. The van der Waals surface area contributed by atoms with E-state index in [1.54, 1.807) is 0 Å². The van der Waals surface area contributed by atoms with Crippen LogP contribution in [0.5, 0.6) is 0 Å². The van der Waals surface area contributed by atoms with Crippen molar-refractivity contribution in [1.29, 1.82) is 0 Å². The van der Waals surface area contributed by atoms with Gasteiger partial charge in [-0.2, -0.15) is 0 Å². The van der Waals surface area contributed by atoms with Crippen LogP contribution in [-0.4, -0.2) is 11.2 Å². The Kier molecular flexibility index (Phi) is 5.00. The molecule has 98 valence electrons. The first-order valence-electron chi connectivity index (χ1n) is 6.87. The van der Waals surface area contributed by atoms with Crippen LogP contribution in [0, 0.1) is 0 Å². The van der Waals surface area contributed by atoms with Gasteiger partial charge in [-0.25, -0.2) is 0 Å². The molecule has 1 atom stereocenters. The molecule has 0 saturated heterocycles. The maximum Gasteiger partial charge on any atom is 0.166 e. The van der Waals surface area contributed by atoms with Gasteiger partial charge in [-0.05, 0) is 37.5 Å². The molecule has 0 aliphatic heterocycles. The molecule has 18 heavy (non-hydrogen) atoms. The predicted molar refractivity (Wildman–Crippen MR) is 80.6 cm³/mol. The van der Waals surface area contributed by atoms with Crippen LogP contribution >= 0.6 is 12.2 Å². The first-order chi connectivity index (χ1) is 8.75. The highest BCUT2D eigenvalue weighted by molar-refractivity contribution is 7.80. The fourth-order valence-electron chi connectivity index (χ4n) is 2.50. The summed E-state index contributed by atoms with van der Waals surface area (Å²) in [5.74, 6) is 0. The van der Waals surface area contributed by atoms with E-state index in [1.165, 1.54) is 37.7 Å². The van der Waals surface area contributed by atoms with Crippen LogP contribution in [0.15, 0.2) is 30.3 Å². The van der Waals surface area contributed by atoms with Gasteiger partial charge in [0.15, 0.2) is 5.11 Å². The van der Waals surface area contributed by atoms with Gasteiger partial charge in [0, 0.05) is 6.04 Å². The molecule has 1 aromatic rings. The summed E-state index contributed by atoms with van der Waals surface area (Å²) in [4.78, 5) is 0. The molecular formula is C15H22N2S. The van der Waals surface area contributed by atoms with E-state index in [0.717, 1.165) is 5.11 Å². The van der Waals surface area contributed by atoms with E-state index < -0.39 is 0 Å². The highest BCUT2D eigenvalue weighted by Gasteiger charge is 2.14. The van der Waals surface area contributed by atoms with Crippen LogP contribution in [0.25, 0.3) is 0 Å². The lowest BCUT2D eigenvalue weighted by Gasteiger charge is -2.26. The normalized spacial score (nSPS) is 18.1. The number of nitrogens with one attached hydrogen (secondary N) is 2. The van der Waals surface area contributed by atoms with Crippen molar-refractivity contribution in [2.75, 3.05) is 0 Å². The van der Waals surface area contributed by atoms with Gasteiger partial charge in [0.2, 0.25) is 0 Å². The Morgan fingerprint density at radius 2 is 1.83 bits per heavy atom. The Morgan fingerprint density at radius 3 is 2.50 bits per heavy atom. The first kappa shape index (κ1) is 13.3. The fourth-order valence-corrected chi connectivity index (χ4v) is 2.84. The Morgan fingerprint density at radius 1 is 1.17 bits per heavy atom. The summed E-state index contributed by atoms with van der Waals surface area (Å²) >= 11 is 5.39. The van der Waals surface area contributed by atoms with E-state index in [4.69, 9.17) is 12.2 Å². The third-order valence-corrected chi connectivity index (χ3v) is 3.82. The van der Waals surface area contributed by atoms with Gasteiger partial charge in [-0.15, -0.1) is 0 Å². The number of thiocarbonyl (C=S) groups is 1. The number of hydrogen-bond acceptors (Lipinski definition) is 1. The van der Waals surface area contributed by atoms with Crippen molar-refractivity contribution in [3.8, 4) is 0 Å². The quantitative estimate of drug-likeness (QED) is 0.815. The van der Waals surface area contributed by atoms with E-state index in [9.17, 15) is 0 Å². The summed E-state index contributed by atoms with van der Waals surface area (Å²) in [6.45, 7) is 2.14. The molecule has 1 aromatic carbocycles. The van der Waals surface area contributed by atoms with Crippen LogP contribution in [0.3, 0.4) is 0 Å². The molecule has 2 rings (SSSR count). The zero-order valence-corrected chi connectivity index (χ0v) is 11.8. The molecule has 1 saturated carbocycles. The second kappa shape index (κ2) is 6.74. The Bertz CT molecular complexity index is 371. The van der Waals surface area contributed by atoms with E-state index in [0.29, 0.717) is 6.04 Å². The van der Waals surface area contributed by atoms with E-state index >= 15 is 0 Å². The summed E-state index contributed by atoms with van der Waals surface area (Å²) in [6, 6.07) is 11.2. The molecule has 0 heterocycles. The van der Waals surface area contributed by atoms with Crippen LogP contribution in [0.4, 0.5) is 0 Å². The van der Waals surface area contributed by atoms with Gasteiger partial charge in [0.25, 0.3) is 0 Å². The van der Waals surface area contributed by atoms with Crippen molar-refractivity contribution in [1.82, 2.24) is 10.6 Å². The SMILES string of the molecule is C[C@H](NC(=S)NC1CCCCC1)c1ccccc1. The number of rotatable bonds is 3. The minimum absolute atomic E-state index is 0.259. The molecule has 0 unspecified atom stereocenters. The van der Waals surface area contributed by atoms with Crippen molar-refractivity contribution in [3.05, 3.63) is 35.9 Å². The molecule has 0 amide bonds. The maximum atomic E-state index is 5.39. The van der Waals surface area contributed by atoms with Gasteiger partial charge in [-0.3, -0.25) is 0 Å². The van der Waals surface area contributed by atoms with Crippen molar-refractivity contribution in [3.63, 3.8) is 0 Å². The average molecular weight is 262 g/mol. The van der Waals surface area contributed by atoms with Gasteiger partial charge in [0.1, 0.15) is 0 Å². The molecule has 0 bridgehead atoms. The largest absolute Gasteiger partial charge is 0.360 e. The van der Waals surface area contributed by atoms with E-state index in [1.807, 2.05) is 6.07 Å². The average Bonchev–Trinajstić information content (AvgIpc) is 2.40. The van der Waals surface area contributed by atoms with E-state index in [2.05, 4.69) is 41.8 Å². The summed E-state index contributed by atoms with van der Waals surface area (Å²) in [7, 11) is 0. The van der Waals surface area contributed by atoms with E-state index in [-0.39, 0.29) is 6.04 Å². The predicted octanol–water partition coefficient (Wildman–Crippen LogP) is 3.54. The molecule has 0 radical (unpaired) electrons. The lowest BCUT2D eigenvalue weighted by Crippen LogP contribution is -2.43. The highest BCUT2D eigenvalue weighted by atomic mass is 32.1. The molecule has 0 spiro atoms. The monoisotopic (exact) mass is 262 g/mol. The zero-order chi connectivity index (χ0) is 12.8. The molecule has 1 aliphatic carbocycles. The summed E-state index contributed by atoms with van der Waals surface area (Å²) in [6.07, 6.45) is 6.53. The summed E-state index contributed by atoms with van der Waals surface area (Å²) in [5.41, 5.74) is 1.27. The van der Waals surface area contributed by atoms with Crippen LogP contribution in [0.1, 0.15) is 50.6 Å². The van der Waals surface area contributed by atoms with Crippen LogP contribution in [0.2, 0.25) is 0 Å². The molecule has 3 heteroatoms. The number of hydrogen-bond donors (Lipinski definition) is 2. The fraction of sp³-hybridized carbons (Fsp3) is 0.533. The first-order valence-corrected chi connectivity index (χ1v) is 7.28. The van der Waals surface area contributed by atoms with Crippen molar-refractivity contribution in [2.24, 2.45) is 0 Å². The molecule has 0 aromatic heterocycles.